The molecule has 1 unspecified atom stereocenters. The molecule has 0 fully saturated rings. The molecule has 140 valence electrons. The molecule has 0 saturated heterocycles. The molecular weight excluding hydrogens is 295 g/mol. The number of hydrogen-bond donors (Lipinski definition) is 0. The summed E-state index contributed by atoms with van der Waals surface area (Å²) in [5, 5.41) is 0.617. The minimum Gasteiger partial charge on any atom is -0.116 e. The predicted molar refractivity (Wildman–Crippen MR) is 112 cm³/mol. The molecule has 0 rings (SSSR count). The summed E-state index contributed by atoms with van der Waals surface area (Å²) in [5.41, 5.74) is 0. The zero-order valence-electron chi connectivity index (χ0n) is 17.0. The summed E-state index contributed by atoms with van der Waals surface area (Å²) >= 11 is 0. The van der Waals surface area contributed by atoms with Gasteiger partial charge in [-0.1, -0.05) is 118 Å². The zero-order chi connectivity index (χ0) is 17.2. The van der Waals surface area contributed by atoms with Gasteiger partial charge in [-0.2, -0.15) is 0 Å². The van der Waals surface area contributed by atoms with Crippen LogP contribution in [0.15, 0.2) is 0 Å². The largest absolute Gasteiger partial charge is 0.116 e. The lowest BCUT2D eigenvalue weighted by Gasteiger charge is -2.24. The molecule has 0 aromatic heterocycles. The third kappa shape index (κ3) is 18.6. The summed E-state index contributed by atoms with van der Waals surface area (Å²) in [7, 11) is 1.18. The highest BCUT2D eigenvalue weighted by Crippen LogP contribution is 2.36. The molecule has 0 saturated carbocycles. The lowest BCUT2D eigenvalue weighted by molar-refractivity contribution is 0.549. The maximum Gasteiger partial charge on any atom is -0.0179 e. The minimum absolute atomic E-state index is 0.617. The molecule has 0 aromatic carbocycles. The molecule has 23 heavy (non-hydrogen) atoms. The van der Waals surface area contributed by atoms with Gasteiger partial charge in [0, 0.05) is 0 Å². The second-order valence-electron chi connectivity index (χ2n) is 8.16. The van der Waals surface area contributed by atoms with Crippen molar-refractivity contribution in [3.63, 3.8) is 0 Å². The third-order valence-corrected chi connectivity index (χ3v) is 6.85. The van der Waals surface area contributed by atoms with Crippen molar-refractivity contribution in [2.45, 2.75) is 136 Å². The fraction of sp³-hybridized carbons (Fsp3) is 1.00. The fourth-order valence-electron chi connectivity index (χ4n) is 3.30. The predicted octanol–water partition coefficient (Wildman–Crippen LogP) is 8.72. The van der Waals surface area contributed by atoms with Gasteiger partial charge in [-0.15, -0.1) is 8.58 Å². The van der Waals surface area contributed by atoms with Gasteiger partial charge in [-0.05, 0) is 24.2 Å². The maximum atomic E-state index is 2.50. The van der Waals surface area contributed by atoms with Gasteiger partial charge in [0.25, 0.3) is 0 Å². The van der Waals surface area contributed by atoms with Crippen molar-refractivity contribution in [3.05, 3.63) is 0 Å². The molecule has 0 N–H and O–H groups in total. The summed E-state index contributed by atoms with van der Waals surface area (Å²) in [6.45, 7) is 9.60. The summed E-state index contributed by atoms with van der Waals surface area (Å²) in [4.78, 5) is 0. The molecule has 0 radical (unpaired) electrons. The highest BCUT2D eigenvalue weighted by Gasteiger charge is 2.16. The Balaban J connectivity index is 3.25. The van der Waals surface area contributed by atoms with Crippen LogP contribution in [0.3, 0.4) is 0 Å². The van der Waals surface area contributed by atoms with E-state index in [2.05, 4.69) is 27.7 Å². The van der Waals surface area contributed by atoms with Gasteiger partial charge >= 0.3 is 0 Å². The molecule has 0 aromatic rings. The van der Waals surface area contributed by atoms with Crippen LogP contribution in [0.2, 0.25) is 0 Å². The van der Waals surface area contributed by atoms with Gasteiger partial charge in [0.2, 0.25) is 0 Å². The topological polar surface area (TPSA) is 0 Å². The Morgan fingerprint density at radius 2 is 0.913 bits per heavy atom. The monoisotopic (exact) mass is 342 g/mol. The van der Waals surface area contributed by atoms with Crippen molar-refractivity contribution in [3.8, 4) is 0 Å². The standard InChI is InChI=1S/C22H47P/c1-5-7-9-11-12-13-14-15-16-17-19-21-23-22(3,4)20-18-10-8-6-2/h23H,5-21H2,1-4H3. The first-order valence-electron chi connectivity index (χ1n) is 10.9. The summed E-state index contributed by atoms with van der Waals surface area (Å²) in [6.07, 6.45) is 24.7. The van der Waals surface area contributed by atoms with E-state index in [4.69, 9.17) is 0 Å². The Bertz CT molecular complexity index is 222. The Morgan fingerprint density at radius 3 is 1.39 bits per heavy atom. The van der Waals surface area contributed by atoms with Crippen LogP contribution in [-0.4, -0.2) is 11.3 Å². The van der Waals surface area contributed by atoms with Crippen molar-refractivity contribution in [1.29, 1.82) is 0 Å². The summed E-state index contributed by atoms with van der Waals surface area (Å²) in [5.74, 6) is 0. The van der Waals surface area contributed by atoms with E-state index in [1.165, 1.54) is 117 Å². The van der Waals surface area contributed by atoms with Crippen molar-refractivity contribution in [2.75, 3.05) is 6.16 Å². The normalized spacial score (nSPS) is 12.5. The first kappa shape index (κ1) is 23.4. The van der Waals surface area contributed by atoms with Crippen LogP contribution < -0.4 is 0 Å². The highest BCUT2D eigenvalue weighted by atomic mass is 31.1. The van der Waals surface area contributed by atoms with Gasteiger partial charge in [-0.25, -0.2) is 0 Å². The maximum absolute atomic E-state index is 2.50. The van der Waals surface area contributed by atoms with Gasteiger partial charge < -0.3 is 0 Å². The first-order chi connectivity index (χ1) is 11.1. The molecule has 0 bridgehead atoms. The van der Waals surface area contributed by atoms with E-state index in [1.807, 2.05) is 0 Å². The van der Waals surface area contributed by atoms with Gasteiger partial charge in [0.1, 0.15) is 0 Å². The van der Waals surface area contributed by atoms with Crippen LogP contribution >= 0.6 is 8.58 Å². The van der Waals surface area contributed by atoms with Crippen molar-refractivity contribution in [2.24, 2.45) is 0 Å². The van der Waals surface area contributed by atoms with Gasteiger partial charge in [0.05, 0.1) is 0 Å². The molecule has 0 amide bonds. The van der Waals surface area contributed by atoms with Crippen LogP contribution in [0.4, 0.5) is 0 Å². The Labute approximate surface area is 150 Å². The molecular formula is C22H47P. The van der Waals surface area contributed by atoms with Crippen molar-refractivity contribution >= 4 is 8.58 Å². The lowest BCUT2D eigenvalue weighted by atomic mass is 10.0. The summed E-state index contributed by atoms with van der Waals surface area (Å²) in [6, 6.07) is 0. The lowest BCUT2D eigenvalue weighted by Crippen LogP contribution is -2.13. The van der Waals surface area contributed by atoms with Gasteiger partial charge in [-0.3, -0.25) is 0 Å². The fourth-order valence-corrected chi connectivity index (χ4v) is 4.76. The minimum atomic E-state index is 0.617. The molecule has 0 aliphatic heterocycles. The van der Waals surface area contributed by atoms with Crippen LogP contribution in [-0.2, 0) is 0 Å². The summed E-state index contributed by atoms with van der Waals surface area (Å²) < 4.78 is 0. The van der Waals surface area contributed by atoms with Crippen LogP contribution in [0.1, 0.15) is 130 Å². The van der Waals surface area contributed by atoms with Crippen LogP contribution in [0.25, 0.3) is 0 Å². The molecule has 0 aliphatic rings. The molecule has 0 aliphatic carbocycles. The van der Waals surface area contributed by atoms with Crippen molar-refractivity contribution < 1.29 is 0 Å². The van der Waals surface area contributed by atoms with Crippen LogP contribution in [0, 0.1) is 0 Å². The van der Waals surface area contributed by atoms with E-state index in [0.717, 1.165) is 0 Å². The molecule has 0 heterocycles. The van der Waals surface area contributed by atoms with Crippen LogP contribution in [0.5, 0.6) is 0 Å². The highest BCUT2D eigenvalue weighted by molar-refractivity contribution is 7.39. The molecule has 0 spiro atoms. The van der Waals surface area contributed by atoms with Gasteiger partial charge in [0.15, 0.2) is 0 Å². The SMILES string of the molecule is CCCCCCCCCCCCCPC(C)(C)CCCCCC. The molecule has 1 heteroatoms. The third-order valence-electron chi connectivity index (χ3n) is 5.04. The number of unbranched alkanes of at least 4 members (excludes halogenated alkanes) is 13. The number of hydrogen-bond acceptors (Lipinski definition) is 0. The second-order valence-corrected chi connectivity index (χ2v) is 10.4. The van der Waals surface area contributed by atoms with Crippen molar-refractivity contribution in [1.82, 2.24) is 0 Å². The van der Waals surface area contributed by atoms with E-state index in [1.54, 1.807) is 0 Å². The second kappa shape index (κ2) is 17.3. The zero-order valence-corrected chi connectivity index (χ0v) is 18.0. The Kier molecular flexibility index (Phi) is 17.6. The van der Waals surface area contributed by atoms with E-state index in [0.29, 0.717) is 5.16 Å². The van der Waals surface area contributed by atoms with E-state index in [-0.39, 0.29) is 0 Å². The van der Waals surface area contributed by atoms with E-state index >= 15 is 0 Å². The average molecular weight is 343 g/mol. The Hall–Kier alpha value is 0.430. The first-order valence-corrected chi connectivity index (χ1v) is 12.1. The molecule has 0 nitrogen and oxygen atoms in total. The van der Waals surface area contributed by atoms with E-state index in [9.17, 15) is 0 Å². The Morgan fingerprint density at radius 1 is 0.522 bits per heavy atom. The average Bonchev–Trinajstić information content (AvgIpc) is 2.52. The number of rotatable bonds is 18. The van der Waals surface area contributed by atoms with E-state index < -0.39 is 0 Å². The quantitative estimate of drug-likeness (QED) is 0.172. The smallest absolute Gasteiger partial charge is 0.0179 e. The molecule has 1 atom stereocenters.